The summed E-state index contributed by atoms with van der Waals surface area (Å²) in [6.45, 7) is 3.18. The van der Waals surface area contributed by atoms with Crippen LogP contribution in [0.3, 0.4) is 0 Å². The van der Waals surface area contributed by atoms with Gasteiger partial charge in [-0.15, -0.1) is 0 Å². The van der Waals surface area contributed by atoms with Gasteiger partial charge in [-0.1, -0.05) is 12.8 Å². The Hall–Kier alpha value is -1.72. The summed E-state index contributed by atoms with van der Waals surface area (Å²) in [5.41, 5.74) is -0.159. The Balaban J connectivity index is 1.53. The van der Waals surface area contributed by atoms with E-state index in [1.807, 2.05) is 6.92 Å². The second-order valence-electron chi connectivity index (χ2n) is 9.07. The molecule has 0 aromatic heterocycles. The van der Waals surface area contributed by atoms with Crippen LogP contribution in [0.15, 0.2) is 17.0 Å². The Morgan fingerprint density at radius 1 is 1.10 bits per heavy atom. The first kappa shape index (κ1) is 21.5. The molecule has 0 radical (unpaired) electrons. The van der Waals surface area contributed by atoms with Crippen LogP contribution in [0.25, 0.3) is 0 Å². The largest absolute Gasteiger partial charge is 0.367 e. The van der Waals surface area contributed by atoms with Crippen LogP contribution in [0.1, 0.15) is 51.9 Å². The van der Waals surface area contributed by atoms with Gasteiger partial charge in [-0.2, -0.15) is 9.57 Å². The Kier molecular flexibility index (Phi) is 6.04. The quantitative estimate of drug-likeness (QED) is 0.666. The maximum Gasteiger partial charge on any atom is 0.243 e. The van der Waals surface area contributed by atoms with E-state index in [9.17, 15) is 17.2 Å². The van der Waals surface area contributed by atoms with Gasteiger partial charge in [-0.05, 0) is 63.0 Å². The van der Waals surface area contributed by atoms with Gasteiger partial charge in [0.05, 0.1) is 11.0 Å². The summed E-state index contributed by atoms with van der Waals surface area (Å²) in [6.07, 6.45) is 6.11. The normalized spacial score (nSPS) is 24.7. The zero-order valence-electron chi connectivity index (χ0n) is 17.4. The Morgan fingerprint density at radius 2 is 1.73 bits per heavy atom. The summed E-state index contributed by atoms with van der Waals surface area (Å²) in [7, 11) is -3.92. The molecule has 1 aromatic rings. The summed E-state index contributed by atoms with van der Waals surface area (Å²) in [5.74, 6) is -0.945. The molecular formula is C22H29F2N3O2S. The highest BCUT2D eigenvalue weighted by Crippen LogP contribution is 2.40. The standard InChI is InChI=1S/C22H29F2N3O2S/c1-15(14-25)17-6-9-26(10-7-17)22-20(23)12-19(13-21(22)24)30(28,29)27-8-2-3-18(27)11-16-4-5-16/h12-13,15-18H,2-11H2,1H3. The third-order valence-electron chi connectivity index (χ3n) is 6.99. The number of anilines is 1. The molecule has 2 heterocycles. The van der Waals surface area contributed by atoms with E-state index in [1.54, 1.807) is 4.90 Å². The van der Waals surface area contributed by atoms with E-state index < -0.39 is 21.7 Å². The lowest BCUT2D eigenvalue weighted by Crippen LogP contribution is -2.37. The average Bonchev–Trinajstić information content (AvgIpc) is 3.41. The lowest BCUT2D eigenvalue weighted by molar-refractivity contribution is 0.338. The summed E-state index contributed by atoms with van der Waals surface area (Å²) in [5, 5.41) is 9.08. The van der Waals surface area contributed by atoms with E-state index in [1.165, 1.54) is 4.31 Å². The van der Waals surface area contributed by atoms with Crippen molar-refractivity contribution in [2.24, 2.45) is 17.8 Å². The van der Waals surface area contributed by atoms with Crippen molar-refractivity contribution in [2.45, 2.75) is 62.8 Å². The van der Waals surface area contributed by atoms with Crippen LogP contribution in [0.4, 0.5) is 14.5 Å². The first-order valence-corrected chi connectivity index (χ1v) is 12.4. The van der Waals surface area contributed by atoms with Crippen molar-refractivity contribution in [3.8, 4) is 6.07 Å². The second-order valence-corrected chi connectivity index (χ2v) is 11.0. The fraction of sp³-hybridized carbons (Fsp3) is 0.682. The molecule has 0 bridgehead atoms. The van der Waals surface area contributed by atoms with E-state index in [4.69, 9.17) is 5.26 Å². The van der Waals surface area contributed by atoms with Gasteiger partial charge in [0, 0.05) is 31.6 Å². The number of hydrogen-bond acceptors (Lipinski definition) is 4. The number of nitrogens with zero attached hydrogens (tertiary/aromatic N) is 3. The van der Waals surface area contributed by atoms with Crippen LogP contribution in [0.2, 0.25) is 0 Å². The number of sulfonamides is 1. The molecule has 3 fully saturated rings. The van der Waals surface area contributed by atoms with Crippen molar-refractivity contribution in [2.75, 3.05) is 24.5 Å². The minimum Gasteiger partial charge on any atom is -0.367 e. The van der Waals surface area contributed by atoms with Gasteiger partial charge in [-0.25, -0.2) is 17.2 Å². The Labute approximate surface area is 177 Å². The van der Waals surface area contributed by atoms with Crippen molar-refractivity contribution in [3.05, 3.63) is 23.8 Å². The molecule has 2 saturated heterocycles. The fourth-order valence-electron chi connectivity index (χ4n) is 4.96. The number of rotatable bonds is 6. The molecular weight excluding hydrogens is 408 g/mol. The number of benzene rings is 1. The van der Waals surface area contributed by atoms with Crippen molar-refractivity contribution in [1.82, 2.24) is 4.31 Å². The first-order chi connectivity index (χ1) is 14.3. The van der Waals surface area contributed by atoms with Gasteiger partial charge in [0.25, 0.3) is 0 Å². The van der Waals surface area contributed by atoms with Crippen LogP contribution < -0.4 is 4.90 Å². The lowest BCUT2D eigenvalue weighted by Gasteiger charge is -2.35. The molecule has 30 heavy (non-hydrogen) atoms. The van der Waals surface area contributed by atoms with E-state index in [0.29, 0.717) is 38.4 Å². The van der Waals surface area contributed by atoms with Gasteiger partial charge in [0.1, 0.15) is 5.69 Å². The molecule has 0 amide bonds. The lowest BCUT2D eigenvalue weighted by atomic mass is 9.86. The molecule has 1 aliphatic carbocycles. The zero-order chi connectivity index (χ0) is 21.5. The summed E-state index contributed by atoms with van der Waals surface area (Å²) >= 11 is 0. The molecule has 0 spiro atoms. The third-order valence-corrected chi connectivity index (χ3v) is 8.92. The van der Waals surface area contributed by atoms with E-state index in [2.05, 4.69) is 6.07 Å². The smallest absolute Gasteiger partial charge is 0.243 e. The topological polar surface area (TPSA) is 64.4 Å². The highest BCUT2D eigenvalue weighted by molar-refractivity contribution is 7.89. The van der Waals surface area contributed by atoms with Gasteiger partial charge in [0.2, 0.25) is 10.0 Å². The van der Waals surface area contributed by atoms with E-state index in [-0.39, 0.29) is 28.5 Å². The van der Waals surface area contributed by atoms with Crippen LogP contribution >= 0.6 is 0 Å². The first-order valence-electron chi connectivity index (χ1n) is 11.0. The van der Waals surface area contributed by atoms with Crippen LogP contribution in [-0.2, 0) is 10.0 Å². The molecule has 1 aromatic carbocycles. The molecule has 3 aliphatic rings. The number of halogens is 2. The maximum absolute atomic E-state index is 14.9. The van der Waals surface area contributed by atoms with Crippen molar-refractivity contribution >= 4 is 15.7 Å². The SMILES string of the molecule is CC(C#N)C1CCN(c2c(F)cc(S(=O)(=O)N3CCCC3CC3CC3)cc2F)CC1. The predicted molar refractivity (Wildman–Crippen MR) is 110 cm³/mol. The van der Waals surface area contributed by atoms with Crippen LogP contribution in [-0.4, -0.2) is 38.4 Å². The molecule has 8 heteroatoms. The summed E-state index contributed by atoms with van der Waals surface area (Å²) in [6, 6.07) is 4.14. The van der Waals surface area contributed by atoms with Crippen LogP contribution in [0, 0.1) is 40.7 Å². The van der Waals surface area contributed by atoms with E-state index in [0.717, 1.165) is 44.2 Å². The van der Waals surface area contributed by atoms with Crippen LogP contribution in [0.5, 0.6) is 0 Å². The number of piperidine rings is 1. The monoisotopic (exact) mass is 437 g/mol. The molecule has 1 saturated carbocycles. The number of nitriles is 1. The fourth-order valence-corrected chi connectivity index (χ4v) is 6.69. The molecule has 2 unspecified atom stereocenters. The molecule has 2 atom stereocenters. The molecule has 2 aliphatic heterocycles. The van der Waals surface area contributed by atoms with Gasteiger partial charge < -0.3 is 4.90 Å². The Morgan fingerprint density at radius 3 is 2.30 bits per heavy atom. The number of hydrogen-bond donors (Lipinski definition) is 0. The highest BCUT2D eigenvalue weighted by Gasteiger charge is 2.39. The second kappa shape index (κ2) is 8.43. The molecule has 164 valence electrons. The Bertz CT molecular complexity index is 911. The van der Waals surface area contributed by atoms with Gasteiger partial charge in [0.15, 0.2) is 11.6 Å². The summed E-state index contributed by atoms with van der Waals surface area (Å²) < 4.78 is 57.6. The summed E-state index contributed by atoms with van der Waals surface area (Å²) in [4.78, 5) is 1.34. The van der Waals surface area contributed by atoms with E-state index >= 15 is 0 Å². The van der Waals surface area contributed by atoms with Gasteiger partial charge in [-0.3, -0.25) is 0 Å². The van der Waals surface area contributed by atoms with Crippen molar-refractivity contribution in [1.29, 1.82) is 5.26 Å². The van der Waals surface area contributed by atoms with Gasteiger partial charge >= 0.3 is 0 Å². The predicted octanol–water partition coefficient (Wildman–Crippen LogP) is 4.29. The van der Waals surface area contributed by atoms with Crippen molar-refractivity contribution in [3.63, 3.8) is 0 Å². The maximum atomic E-state index is 14.9. The zero-order valence-corrected chi connectivity index (χ0v) is 18.2. The highest BCUT2D eigenvalue weighted by atomic mass is 32.2. The van der Waals surface area contributed by atoms with Crippen molar-refractivity contribution < 1.29 is 17.2 Å². The molecule has 0 N–H and O–H groups in total. The third kappa shape index (κ3) is 4.19. The molecule has 5 nitrogen and oxygen atoms in total. The molecule has 4 rings (SSSR count). The minimum absolute atomic E-state index is 0.0607. The average molecular weight is 438 g/mol. The minimum atomic E-state index is -3.92.